The Balaban J connectivity index is 2.84. The van der Waals surface area contributed by atoms with Gasteiger partial charge in [0.1, 0.15) is 18.1 Å². The van der Waals surface area contributed by atoms with Crippen molar-refractivity contribution in [2.24, 2.45) is 0 Å². The van der Waals surface area contributed by atoms with Crippen LogP contribution in [0.4, 0.5) is 4.39 Å². The lowest BCUT2D eigenvalue weighted by atomic mass is 10.1. The highest BCUT2D eigenvalue weighted by Crippen LogP contribution is 2.11. The molecule has 0 aliphatic heterocycles. The maximum atomic E-state index is 12.7. The topological polar surface area (TPSA) is 38.3 Å². The molecule has 0 fully saturated rings. The largest absolute Gasteiger partial charge is 0.304 e. The number of carbonyl (C=O) groups is 1. The van der Waals surface area contributed by atoms with E-state index in [1.165, 1.54) is 19.2 Å². The Morgan fingerprint density at radius 1 is 1.62 bits per heavy atom. The quantitative estimate of drug-likeness (QED) is 0.563. The summed E-state index contributed by atoms with van der Waals surface area (Å²) in [6, 6.07) is 5.16. The first kappa shape index (κ1) is 9.83. The lowest BCUT2D eigenvalue weighted by molar-refractivity contribution is -0.112. The van der Waals surface area contributed by atoms with Crippen LogP contribution in [0.25, 0.3) is 0 Å². The van der Waals surface area contributed by atoms with Crippen LogP contribution < -0.4 is 5.48 Å². The predicted octanol–water partition coefficient (Wildman–Crippen LogP) is 1.22. The number of halogens is 1. The van der Waals surface area contributed by atoms with Crippen molar-refractivity contribution in [1.82, 2.24) is 5.48 Å². The Labute approximate surface area is 75.5 Å². The van der Waals surface area contributed by atoms with E-state index >= 15 is 0 Å². The lowest BCUT2D eigenvalue weighted by Gasteiger charge is -2.10. The Morgan fingerprint density at radius 2 is 2.38 bits per heavy atom. The molecule has 1 N–H and O–H groups in total. The molecular formula is C9H10FNO2. The summed E-state index contributed by atoms with van der Waals surface area (Å²) in [5.74, 6) is -0.373. The standard InChI is InChI=1S/C9H10FNO2/c1-13-11-9(6-12)7-3-2-4-8(10)5-7/h2-6,9,11H,1H3. The van der Waals surface area contributed by atoms with Gasteiger partial charge in [0.15, 0.2) is 0 Å². The van der Waals surface area contributed by atoms with Gasteiger partial charge in [-0.1, -0.05) is 12.1 Å². The molecule has 0 aliphatic rings. The number of aldehydes is 1. The normalized spacial score (nSPS) is 12.5. The third kappa shape index (κ3) is 2.61. The number of nitrogens with one attached hydrogen (secondary N) is 1. The average molecular weight is 183 g/mol. The molecule has 0 bridgehead atoms. The summed E-state index contributed by atoms with van der Waals surface area (Å²) in [5, 5.41) is 0. The van der Waals surface area contributed by atoms with Crippen LogP contribution in [-0.4, -0.2) is 13.4 Å². The van der Waals surface area contributed by atoms with Crippen molar-refractivity contribution >= 4 is 6.29 Å². The number of hydrogen-bond acceptors (Lipinski definition) is 3. The summed E-state index contributed by atoms with van der Waals surface area (Å²) >= 11 is 0. The minimum atomic E-state index is -0.624. The first-order valence-corrected chi connectivity index (χ1v) is 3.77. The van der Waals surface area contributed by atoms with Crippen LogP contribution in [0, 0.1) is 5.82 Å². The monoisotopic (exact) mass is 183 g/mol. The van der Waals surface area contributed by atoms with E-state index in [1.807, 2.05) is 0 Å². The van der Waals surface area contributed by atoms with Crippen LogP contribution in [0.15, 0.2) is 24.3 Å². The molecule has 0 radical (unpaired) electrons. The SMILES string of the molecule is CONC(C=O)c1cccc(F)c1. The maximum Gasteiger partial charge on any atom is 0.143 e. The van der Waals surface area contributed by atoms with Crippen molar-refractivity contribution in [3.05, 3.63) is 35.6 Å². The molecule has 70 valence electrons. The second-order valence-electron chi connectivity index (χ2n) is 2.49. The van der Waals surface area contributed by atoms with Crippen LogP contribution in [0.3, 0.4) is 0 Å². The number of hydrogen-bond donors (Lipinski definition) is 1. The highest BCUT2D eigenvalue weighted by atomic mass is 19.1. The van der Waals surface area contributed by atoms with Crippen molar-refractivity contribution in [2.45, 2.75) is 6.04 Å². The van der Waals surface area contributed by atoms with Gasteiger partial charge in [0.2, 0.25) is 0 Å². The van der Waals surface area contributed by atoms with Crippen molar-refractivity contribution in [3.8, 4) is 0 Å². The minimum Gasteiger partial charge on any atom is -0.304 e. The molecule has 0 amide bonds. The molecule has 1 aromatic rings. The van der Waals surface area contributed by atoms with Crippen molar-refractivity contribution in [2.75, 3.05) is 7.11 Å². The minimum absolute atomic E-state index is 0.373. The number of carbonyl (C=O) groups excluding carboxylic acids is 1. The van der Waals surface area contributed by atoms with E-state index in [1.54, 1.807) is 12.1 Å². The fourth-order valence-corrected chi connectivity index (χ4v) is 1.00. The van der Waals surface area contributed by atoms with Gasteiger partial charge in [-0.05, 0) is 17.7 Å². The molecule has 0 aliphatic carbocycles. The zero-order valence-corrected chi connectivity index (χ0v) is 7.16. The van der Waals surface area contributed by atoms with Gasteiger partial charge in [0.05, 0.1) is 7.11 Å². The molecule has 0 aromatic heterocycles. The van der Waals surface area contributed by atoms with Crippen LogP contribution in [0.5, 0.6) is 0 Å². The molecule has 0 spiro atoms. The molecule has 1 rings (SSSR count). The molecule has 3 nitrogen and oxygen atoms in total. The number of rotatable bonds is 4. The highest BCUT2D eigenvalue weighted by molar-refractivity contribution is 5.61. The summed E-state index contributed by atoms with van der Waals surface area (Å²) in [6.45, 7) is 0. The Bertz CT molecular complexity index is 291. The third-order valence-corrected chi connectivity index (χ3v) is 1.59. The van der Waals surface area contributed by atoms with Crippen LogP contribution >= 0.6 is 0 Å². The fraction of sp³-hybridized carbons (Fsp3) is 0.222. The van der Waals surface area contributed by atoms with E-state index in [2.05, 4.69) is 10.3 Å². The molecule has 4 heteroatoms. The van der Waals surface area contributed by atoms with E-state index in [0.29, 0.717) is 11.8 Å². The Morgan fingerprint density at radius 3 is 2.92 bits per heavy atom. The molecule has 1 unspecified atom stereocenters. The molecule has 0 saturated carbocycles. The van der Waals surface area contributed by atoms with Crippen molar-refractivity contribution in [1.29, 1.82) is 0 Å². The molecule has 13 heavy (non-hydrogen) atoms. The van der Waals surface area contributed by atoms with Gasteiger partial charge in [-0.15, -0.1) is 0 Å². The Kier molecular flexibility index (Phi) is 3.54. The van der Waals surface area contributed by atoms with E-state index in [9.17, 15) is 9.18 Å². The van der Waals surface area contributed by atoms with Gasteiger partial charge >= 0.3 is 0 Å². The van der Waals surface area contributed by atoms with Gasteiger partial charge in [-0.2, -0.15) is 5.48 Å². The number of benzene rings is 1. The van der Waals surface area contributed by atoms with Gasteiger partial charge in [-0.25, -0.2) is 4.39 Å². The molecule has 1 atom stereocenters. The van der Waals surface area contributed by atoms with Crippen LogP contribution in [0.1, 0.15) is 11.6 Å². The summed E-state index contributed by atoms with van der Waals surface area (Å²) in [5.41, 5.74) is 2.98. The van der Waals surface area contributed by atoms with Gasteiger partial charge in [0.25, 0.3) is 0 Å². The Hall–Kier alpha value is -1.26. The second-order valence-corrected chi connectivity index (χ2v) is 2.49. The molecule has 0 heterocycles. The van der Waals surface area contributed by atoms with Crippen LogP contribution in [0.2, 0.25) is 0 Å². The summed E-state index contributed by atoms with van der Waals surface area (Å²) < 4.78 is 12.7. The smallest absolute Gasteiger partial charge is 0.143 e. The van der Waals surface area contributed by atoms with E-state index in [0.717, 1.165) is 0 Å². The van der Waals surface area contributed by atoms with Gasteiger partial charge in [-0.3, -0.25) is 0 Å². The van der Waals surface area contributed by atoms with Crippen LogP contribution in [-0.2, 0) is 9.63 Å². The van der Waals surface area contributed by atoms with E-state index in [4.69, 9.17) is 0 Å². The highest BCUT2D eigenvalue weighted by Gasteiger charge is 2.09. The summed E-state index contributed by atoms with van der Waals surface area (Å²) in [4.78, 5) is 15.1. The summed E-state index contributed by atoms with van der Waals surface area (Å²) in [6.07, 6.45) is 0.651. The molecule has 0 saturated heterocycles. The van der Waals surface area contributed by atoms with E-state index < -0.39 is 6.04 Å². The third-order valence-electron chi connectivity index (χ3n) is 1.59. The fourth-order valence-electron chi connectivity index (χ4n) is 1.00. The zero-order valence-electron chi connectivity index (χ0n) is 7.16. The summed E-state index contributed by atoms with van der Waals surface area (Å²) in [7, 11) is 1.40. The van der Waals surface area contributed by atoms with E-state index in [-0.39, 0.29) is 5.82 Å². The molecular weight excluding hydrogens is 173 g/mol. The first-order chi connectivity index (χ1) is 6.27. The van der Waals surface area contributed by atoms with Gasteiger partial charge < -0.3 is 9.63 Å². The number of hydroxylamine groups is 1. The predicted molar refractivity (Wildman–Crippen MR) is 45.3 cm³/mol. The van der Waals surface area contributed by atoms with Crippen molar-refractivity contribution in [3.63, 3.8) is 0 Å². The van der Waals surface area contributed by atoms with Crippen molar-refractivity contribution < 1.29 is 14.0 Å². The molecule has 1 aromatic carbocycles. The second kappa shape index (κ2) is 4.69. The van der Waals surface area contributed by atoms with Gasteiger partial charge in [0, 0.05) is 0 Å². The average Bonchev–Trinajstić information content (AvgIpc) is 2.14. The lowest BCUT2D eigenvalue weighted by Crippen LogP contribution is -2.21. The maximum absolute atomic E-state index is 12.7. The zero-order chi connectivity index (χ0) is 9.68. The first-order valence-electron chi connectivity index (χ1n) is 3.77.